The first-order valence-electron chi connectivity index (χ1n) is 11.5. The van der Waals surface area contributed by atoms with Gasteiger partial charge in [-0.3, -0.25) is 0 Å². The van der Waals surface area contributed by atoms with Crippen molar-refractivity contribution in [1.29, 1.82) is 0 Å². The van der Waals surface area contributed by atoms with Crippen LogP contribution in [0.25, 0.3) is 0 Å². The molecule has 0 unspecified atom stereocenters. The van der Waals surface area contributed by atoms with Crippen LogP contribution in [0.3, 0.4) is 0 Å². The Morgan fingerprint density at radius 3 is 1.39 bits per heavy atom. The Labute approximate surface area is 186 Å². The first-order chi connectivity index (χ1) is 15.1. The molecule has 0 atom stereocenters. The zero-order valence-electron chi connectivity index (χ0n) is 19.1. The molecule has 176 valence electrons. The van der Waals surface area contributed by atoms with Crippen molar-refractivity contribution in [2.75, 3.05) is 13.2 Å². The average molecular weight is 438 g/mol. The van der Waals surface area contributed by atoms with Gasteiger partial charge in [-0.1, -0.05) is 90.2 Å². The Hall–Kier alpha value is -2.44. The topological polar surface area (TPSA) is 102 Å². The predicted octanol–water partition coefficient (Wildman–Crippen LogP) is 6.86. The summed E-state index contributed by atoms with van der Waals surface area (Å²) in [5.41, 5.74) is 0.586. The standard InChI is InChI=1S/C24H38O4.HNO2/c1-3-5-7-9-11-15-19-27-23(25)21-17-13-14-18-22(21)24(26)28-20-16-12-10-8-6-4-2;2-1-3/h13-14,17-18H,3-12,15-16,19-20H2,1-2H3;(H,2,3). The maximum absolute atomic E-state index is 12.4. The summed E-state index contributed by atoms with van der Waals surface area (Å²) in [7, 11) is 0. The molecule has 0 amide bonds. The van der Waals surface area contributed by atoms with E-state index >= 15 is 0 Å². The number of esters is 2. The zero-order valence-corrected chi connectivity index (χ0v) is 19.1. The SMILES string of the molecule is CCCCCCCCOC(=O)c1ccccc1C(=O)OCCCCCCCC.O=NO. The zero-order chi connectivity index (χ0) is 23.2. The fourth-order valence-corrected chi connectivity index (χ4v) is 3.09. The van der Waals surface area contributed by atoms with E-state index in [2.05, 4.69) is 13.8 Å². The molecule has 0 aromatic heterocycles. The summed E-state index contributed by atoms with van der Waals surface area (Å²) in [6.45, 7) is 5.17. The van der Waals surface area contributed by atoms with E-state index in [-0.39, 0.29) is 0 Å². The van der Waals surface area contributed by atoms with E-state index < -0.39 is 11.9 Å². The van der Waals surface area contributed by atoms with Gasteiger partial charge in [0.25, 0.3) is 0 Å². The largest absolute Gasteiger partial charge is 0.462 e. The lowest BCUT2D eigenvalue weighted by Crippen LogP contribution is -2.15. The molecule has 0 aliphatic carbocycles. The van der Waals surface area contributed by atoms with Crippen LogP contribution in [0.1, 0.15) is 112 Å². The minimum Gasteiger partial charge on any atom is -0.462 e. The number of unbranched alkanes of at least 4 members (excludes halogenated alkanes) is 10. The normalized spacial score (nSPS) is 10.0. The molecular formula is C24H39NO6. The fourth-order valence-electron chi connectivity index (χ4n) is 3.09. The highest BCUT2D eigenvalue weighted by molar-refractivity contribution is 6.03. The van der Waals surface area contributed by atoms with Crippen LogP contribution in [0.5, 0.6) is 0 Å². The van der Waals surface area contributed by atoms with Crippen molar-refractivity contribution >= 4 is 11.9 Å². The lowest BCUT2D eigenvalue weighted by Gasteiger charge is -2.10. The van der Waals surface area contributed by atoms with E-state index in [0.29, 0.717) is 24.3 Å². The maximum atomic E-state index is 12.4. The van der Waals surface area contributed by atoms with Crippen LogP contribution in [-0.2, 0) is 9.47 Å². The Morgan fingerprint density at radius 1 is 0.710 bits per heavy atom. The number of hydrogen-bond donors (Lipinski definition) is 1. The molecule has 0 bridgehead atoms. The number of ether oxygens (including phenoxy) is 2. The Kier molecular flexibility index (Phi) is 19.2. The molecule has 0 aliphatic rings. The molecule has 0 fully saturated rings. The Bertz CT molecular complexity index is 556. The molecular weight excluding hydrogens is 398 g/mol. The van der Waals surface area contributed by atoms with E-state index in [1.165, 1.54) is 56.7 Å². The summed E-state index contributed by atoms with van der Waals surface area (Å²) in [5.74, 6) is -0.888. The second kappa shape index (κ2) is 20.8. The summed E-state index contributed by atoms with van der Waals surface area (Å²) in [6.07, 6.45) is 13.6. The highest BCUT2D eigenvalue weighted by Gasteiger charge is 2.18. The van der Waals surface area contributed by atoms with Gasteiger partial charge in [0.15, 0.2) is 5.34 Å². The molecule has 7 heteroatoms. The Morgan fingerprint density at radius 2 is 1.03 bits per heavy atom. The second-order valence-corrected chi connectivity index (χ2v) is 7.43. The molecule has 31 heavy (non-hydrogen) atoms. The number of nitrogens with zero attached hydrogens (tertiary/aromatic N) is 1. The minimum absolute atomic E-state index is 0.293. The summed E-state index contributed by atoms with van der Waals surface area (Å²) in [4.78, 5) is 32.8. The van der Waals surface area contributed by atoms with Crippen LogP contribution in [0.2, 0.25) is 0 Å². The van der Waals surface area contributed by atoms with Gasteiger partial charge in [0.05, 0.1) is 24.3 Å². The number of benzene rings is 1. The lowest BCUT2D eigenvalue weighted by atomic mass is 10.1. The fraction of sp³-hybridized carbons (Fsp3) is 0.667. The summed E-state index contributed by atoms with van der Waals surface area (Å²) >= 11 is 0. The second-order valence-electron chi connectivity index (χ2n) is 7.43. The number of carbonyl (C=O) groups is 2. The third-order valence-corrected chi connectivity index (χ3v) is 4.83. The Balaban J connectivity index is 0.00000282. The molecule has 0 saturated carbocycles. The van der Waals surface area contributed by atoms with Crippen LogP contribution in [-0.4, -0.2) is 30.4 Å². The molecule has 1 aromatic rings. The summed E-state index contributed by atoms with van der Waals surface area (Å²) in [5, 5.41) is 7.89. The van der Waals surface area contributed by atoms with Gasteiger partial charge in [-0.25, -0.2) is 9.59 Å². The number of rotatable bonds is 16. The predicted molar refractivity (Wildman–Crippen MR) is 121 cm³/mol. The molecule has 0 saturated heterocycles. The minimum atomic E-state index is -0.444. The maximum Gasteiger partial charge on any atom is 0.339 e. The first kappa shape index (κ1) is 28.6. The third-order valence-electron chi connectivity index (χ3n) is 4.83. The first-order valence-corrected chi connectivity index (χ1v) is 11.5. The van der Waals surface area contributed by atoms with Gasteiger partial charge in [-0.05, 0) is 25.0 Å². The molecule has 7 nitrogen and oxygen atoms in total. The number of carbonyl (C=O) groups excluding carboxylic acids is 2. The average Bonchev–Trinajstić information content (AvgIpc) is 2.78. The van der Waals surface area contributed by atoms with Crippen LogP contribution in [0.4, 0.5) is 0 Å². The van der Waals surface area contributed by atoms with Crippen molar-refractivity contribution < 1.29 is 24.3 Å². The van der Waals surface area contributed by atoms with Crippen molar-refractivity contribution in [2.24, 2.45) is 5.34 Å². The van der Waals surface area contributed by atoms with Crippen molar-refractivity contribution in [1.82, 2.24) is 0 Å². The molecule has 0 spiro atoms. The molecule has 1 N–H and O–H groups in total. The van der Waals surface area contributed by atoms with Gasteiger partial charge in [-0.2, -0.15) is 0 Å². The van der Waals surface area contributed by atoms with E-state index in [4.69, 9.17) is 19.6 Å². The quantitative estimate of drug-likeness (QED) is 0.131. The summed E-state index contributed by atoms with van der Waals surface area (Å²) < 4.78 is 10.7. The van der Waals surface area contributed by atoms with Crippen molar-refractivity contribution in [3.63, 3.8) is 0 Å². The van der Waals surface area contributed by atoms with Crippen molar-refractivity contribution in [3.05, 3.63) is 40.3 Å². The molecule has 1 aromatic carbocycles. The van der Waals surface area contributed by atoms with Gasteiger partial charge < -0.3 is 14.7 Å². The van der Waals surface area contributed by atoms with Gasteiger partial charge in [0.2, 0.25) is 0 Å². The van der Waals surface area contributed by atoms with Crippen LogP contribution >= 0.6 is 0 Å². The van der Waals surface area contributed by atoms with E-state index in [9.17, 15) is 9.59 Å². The molecule has 0 heterocycles. The van der Waals surface area contributed by atoms with E-state index in [0.717, 1.165) is 25.7 Å². The summed E-state index contributed by atoms with van der Waals surface area (Å²) in [6, 6.07) is 6.74. The van der Waals surface area contributed by atoms with Crippen LogP contribution < -0.4 is 0 Å². The molecule has 1 rings (SSSR count). The highest BCUT2D eigenvalue weighted by atomic mass is 16.6. The highest BCUT2D eigenvalue weighted by Crippen LogP contribution is 2.14. The third kappa shape index (κ3) is 15.1. The van der Waals surface area contributed by atoms with E-state index in [1.807, 2.05) is 0 Å². The molecule has 0 aliphatic heterocycles. The van der Waals surface area contributed by atoms with Gasteiger partial charge >= 0.3 is 11.9 Å². The van der Waals surface area contributed by atoms with E-state index in [1.54, 1.807) is 24.3 Å². The van der Waals surface area contributed by atoms with Crippen molar-refractivity contribution in [3.8, 4) is 0 Å². The van der Waals surface area contributed by atoms with Crippen LogP contribution in [0, 0.1) is 4.91 Å². The van der Waals surface area contributed by atoms with Gasteiger partial charge in [-0.15, -0.1) is 4.91 Å². The van der Waals surface area contributed by atoms with Crippen LogP contribution in [0.15, 0.2) is 29.6 Å². The monoisotopic (exact) mass is 437 g/mol. The van der Waals surface area contributed by atoms with Gasteiger partial charge in [0.1, 0.15) is 0 Å². The van der Waals surface area contributed by atoms with Gasteiger partial charge in [0, 0.05) is 0 Å². The van der Waals surface area contributed by atoms with Crippen molar-refractivity contribution in [2.45, 2.75) is 90.9 Å². The molecule has 0 radical (unpaired) electrons. The lowest BCUT2D eigenvalue weighted by molar-refractivity contribution is 0.0450. The smallest absolute Gasteiger partial charge is 0.339 e. The number of hydrogen-bond acceptors (Lipinski definition) is 6.